The van der Waals surface area contributed by atoms with Crippen LogP contribution >= 0.6 is 0 Å². The van der Waals surface area contributed by atoms with Gasteiger partial charge in [0.1, 0.15) is 0 Å². The molecule has 1 aliphatic rings. The van der Waals surface area contributed by atoms with Crippen molar-refractivity contribution in [3.63, 3.8) is 0 Å². The second-order valence-corrected chi connectivity index (χ2v) is 7.75. The monoisotopic (exact) mass is 293 g/mol. The number of rotatable bonds is 4. The van der Waals surface area contributed by atoms with E-state index in [0.717, 1.165) is 23.7 Å². The fourth-order valence-electron chi connectivity index (χ4n) is 2.28. The Labute approximate surface area is 119 Å². The van der Waals surface area contributed by atoms with Crippen LogP contribution in [0.1, 0.15) is 39.7 Å². The van der Waals surface area contributed by atoms with Crippen molar-refractivity contribution in [1.29, 1.82) is 0 Å². The molecule has 3 rings (SSSR count). The van der Waals surface area contributed by atoms with Gasteiger partial charge in [-0.2, -0.15) is 5.10 Å². The molecule has 5 nitrogen and oxygen atoms in total. The number of hydrogen-bond donors (Lipinski definition) is 1. The molecular formula is C14H19N3O2S. The molecule has 0 aliphatic heterocycles. The molecule has 0 saturated heterocycles. The molecule has 0 atom stereocenters. The largest absolute Gasteiger partial charge is 0.262 e. The third-order valence-electron chi connectivity index (χ3n) is 3.75. The van der Waals surface area contributed by atoms with Crippen LogP contribution in [0.3, 0.4) is 0 Å². The lowest BCUT2D eigenvalue weighted by molar-refractivity contribution is 0.550. The van der Waals surface area contributed by atoms with Crippen molar-refractivity contribution in [2.24, 2.45) is 0 Å². The first-order valence-electron chi connectivity index (χ1n) is 6.82. The minimum Gasteiger partial charge on any atom is -0.262 e. The SMILES string of the molecule is CC(C)n1ncc2cc(S(=O)(=O)NC3(C)CC3)ccc21. The van der Waals surface area contributed by atoms with Gasteiger partial charge in [0, 0.05) is 17.0 Å². The highest BCUT2D eigenvalue weighted by Crippen LogP contribution is 2.36. The average molecular weight is 293 g/mol. The van der Waals surface area contributed by atoms with E-state index in [0.29, 0.717) is 4.90 Å². The highest BCUT2D eigenvalue weighted by atomic mass is 32.2. The van der Waals surface area contributed by atoms with E-state index in [9.17, 15) is 8.42 Å². The first-order valence-corrected chi connectivity index (χ1v) is 8.30. The third-order valence-corrected chi connectivity index (χ3v) is 5.38. The molecule has 0 amide bonds. The summed E-state index contributed by atoms with van der Waals surface area (Å²) in [5, 5.41) is 5.16. The average Bonchev–Trinajstić information content (AvgIpc) is 2.91. The lowest BCUT2D eigenvalue weighted by Crippen LogP contribution is -2.34. The van der Waals surface area contributed by atoms with Crippen molar-refractivity contribution in [2.75, 3.05) is 0 Å². The van der Waals surface area contributed by atoms with Crippen LogP contribution in [0.4, 0.5) is 0 Å². The van der Waals surface area contributed by atoms with Gasteiger partial charge in [0.15, 0.2) is 0 Å². The predicted octanol–water partition coefficient (Wildman–Crippen LogP) is 2.45. The zero-order chi connectivity index (χ0) is 14.5. The fraction of sp³-hybridized carbons (Fsp3) is 0.500. The molecule has 1 heterocycles. The molecule has 0 unspecified atom stereocenters. The summed E-state index contributed by atoms with van der Waals surface area (Å²) in [6.45, 7) is 6.03. The quantitative estimate of drug-likeness (QED) is 0.941. The van der Waals surface area contributed by atoms with Gasteiger partial charge in [-0.1, -0.05) is 0 Å². The van der Waals surface area contributed by atoms with E-state index in [1.165, 1.54) is 0 Å². The number of fused-ring (bicyclic) bond motifs is 1. The van der Waals surface area contributed by atoms with Crippen LogP contribution in [0.5, 0.6) is 0 Å². The van der Waals surface area contributed by atoms with Gasteiger partial charge in [0.2, 0.25) is 10.0 Å². The molecule has 0 bridgehead atoms. The molecule has 0 radical (unpaired) electrons. The highest BCUT2D eigenvalue weighted by molar-refractivity contribution is 7.89. The molecule has 1 aromatic carbocycles. The number of benzene rings is 1. The van der Waals surface area contributed by atoms with Crippen molar-refractivity contribution in [2.45, 2.75) is 50.1 Å². The summed E-state index contributed by atoms with van der Waals surface area (Å²) in [5.74, 6) is 0. The second-order valence-electron chi connectivity index (χ2n) is 6.07. The second kappa shape index (κ2) is 4.30. The smallest absolute Gasteiger partial charge is 0.241 e. The summed E-state index contributed by atoms with van der Waals surface area (Å²) >= 11 is 0. The Kier molecular flexibility index (Phi) is 2.92. The van der Waals surface area contributed by atoms with E-state index in [1.54, 1.807) is 18.3 Å². The molecular weight excluding hydrogens is 274 g/mol. The van der Waals surface area contributed by atoms with Crippen molar-refractivity contribution in [3.05, 3.63) is 24.4 Å². The van der Waals surface area contributed by atoms with Gasteiger partial charge in [-0.3, -0.25) is 4.68 Å². The first kappa shape index (κ1) is 13.6. The summed E-state index contributed by atoms with van der Waals surface area (Å²) in [6, 6.07) is 5.41. The zero-order valence-electron chi connectivity index (χ0n) is 11.9. The fourth-order valence-corrected chi connectivity index (χ4v) is 3.78. The zero-order valence-corrected chi connectivity index (χ0v) is 12.7. The number of nitrogens with zero attached hydrogens (tertiary/aromatic N) is 2. The van der Waals surface area contributed by atoms with Crippen molar-refractivity contribution in [1.82, 2.24) is 14.5 Å². The van der Waals surface area contributed by atoms with Gasteiger partial charge in [-0.15, -0.1) is 0 Å². The van der Waals surface area contributed by atoms with Crippen LogP contribution in [0, 0.1) is 0 Å². The van der Waals surface area contributed by atoms with E-state index < -0.39 is 10.0 Å². The van der Waals surface area contributed by atoms with Crippen molar-refractivity contribution in [3.8, 4) is 0 Å². The number of hydrogen-bond acceptors (Lipinski definition) is 3. The van der Waals surface area contributed by atoms with E-state index in [2.05, 4.69) is 9.82 Å². The van der Waals surface area contributed by atoms with Gasteiger partial charge >= 0.3 is 0 Å². The Balaban J connectivity index is 2.01. The number of aromatic nitrogens is 2. The summed E-state index contributed by atoms with van der Waals surface area (Å²) in [7, 11) is -3.44. The maximum Gasteiger partial charge on any atom is 0.241 e. The standard InChI is InChI=1S/C14H19N3O2S/c1-10(2)17-13-5-4-12(8-11(13)9-15-17)20(18,19)16-14(3)6-7-14/h4-5,8-10,16H,6-7H2,1-3H3. The van der Waals surface area contributed by atoms with Gasteiger partial charge in [-0.25, -0.2) is 13.1 Å². The molecule has 6 heteroatoms. The molecule has 1 fully saturated rings. The summed E-state index contributed by atoms with van der Waals surface area (Å²) in [6.07, 6.45) is 3.52. The van der Waals surface area contributed by atoms with E-state index in [-0.39, 0.29) is 11.6 Å². The lowest BCUT2D eigenvalue weighted by Gasteiger charge is -2.12. The van der Waals surface area contributed by atoms with E-state index in [4.69, 9.17) is 0 Å². The molecule has 1 N–H and O–H groups in total. The van der Waals surface area contributed by atoms with Gasteiger partial charge in [0.25, 0.3) is 0 Å². The third kappa shape index (κ3) is 2.33. The topological polar surface area (TPSA) is 64.0 Å². The number of sulfonamides is 1. The normalized spacial score (nSPS) is 17.8. The Morgan fingerprint density at radius 3 is 2.65 bits per heavy atom. The molecule has 1 saturated carbocycles. The van der Waals surface area contributed by atoms with Crippen molar-refractivity contribution < 1.29 is 8.42 Å². The molecule has 2 aromatic rings. The van der Waals surface area contributed by atoms with Crippen LogP contribution in [-0.2, 0) is 10.0 Å². The molecule has 1 aromatic heterocycles. The van der Waals surface area contributed by atoms with Gasteiger partial charge in [0.05, 0.1) is 16.6 Å². The van der Waals surface area contributed by atoms with Crippen LogP contribution in [-0.4, -0.2) is 23.7 Å². The number of nitrogens with one attached hydrogen (secondary N) is 1. The van der Waals surface area contributed by atoms with E-state index >= 15 is 0 Å². The Hall–Kier alpha value is -1.40. The Morgan fingerprint density at radius 2 is 2.05 bits per heavy atom. The summed E-state index contributed by atoms with van der Waals surface area (Å²) in [5.41, 5.74) is 0.701. The van der Waals surface area contributed by atoms with Crippen LogP contribution < -0.4 is 4.72 Å². The lowest BCUT2D eigenvalue weighted by atomic mass is 10.2. The predicted molar refractivity (Wildman–Crippen MR) is 78.1 cm³/mol. The minimum absolute atomic E-state index is 0.249. The summed E-state index contributed by atoms with van der Waals surface area (Å²) < 4.78 is 29.3. The van der Waals surface area contributed by atoms with Gasteiger partial charge in [-0.05, 0) is 51.8 Å². The maximum absolute atomic E-state index is 12.3. The summed E-state index contributed by atoms with van der Waals surface area (Å²) in [4.78, 5) is 0.307. The van der Waals surface area contributed by atoms with Crippen LogP contribution in [0.25, 0.3) is 10.9 Å². The Morgan fingerprint density at radius 1 is 1.35 bits per heavy atom. The highest BCUT2D eigenvalue weighted by Gasteiger charge is 2.41. The van der Waals surface area contributed by atoms with Crippen molar-refractivity contribution >= 4 is 20.9 Å². The van der Waals surface area contributed by atoms with Crippen LogP contribution in [0.2, 0.25) is 0 Å². The molecule has 0 spiro atoms. The van der Waals surface area contributed by atoms with Gasteiger partial charge < -0.3 is 0 Å². The minimum atomic E-state index is -3.44. The molecule has 20 heavy (non-hydrogen) atoms. The Bertz CT molecular complexity index is 758. The maximum atomic E-state index is 12.3. The van der Waals surface area contributed by atoms with E-state index in [1.807, 2.05) is 31.5 Å². The molecule has 1 aliphatic carbocycles. The first-order chi connectivity index (χ1) is 9.31. The molecule has 108 valence electrons. The van der Waals surface area contributed by atoms with Crippen LogP contribution in [0.15, 0.2) is 29.3 Å².